The minimum atomic E-state index is -1.18. The molecule has 1 N–H and O–H groups in total. The van der Waals surface area contributed by atoms with Crippen molar-refractivity contribution in [1.29, 1.82) is 0 Å². The molecule has 0 aromatic heterocycles. The van der Waals surface area contributed by atoms with Crippen LogP contribution in [0.15, 0.2) is 36.4 Å². The molecular weight excluding hydrogens is 216 g/mol. The van der Waals surface area contributed by atoms with Crippen LogP contribution in [0.4, 0.5) is 0 Å². The Kier molecular flexibility index (Phi) is 4.91. The van der Waals surface area contributed by atoms with E-state index in [1.54, 1.807) is 26.0 Å². The van der Waals surface area contributed by atoms with Gasteiger partial charge < -0.3 is 9.84 Å². The number of hydrogen-bond donors (Lipinski definition) is 1. The highest BCUT2D eigenvalue weighted by Crippen LogP contribution is 2.14. The molecule has 0 aliphatic heterocycles. The molecule has 0 saturated heterocycles. The molecule has 0 amide bonds. The van der Waals surface area contributed by atoms with Gasteiger partial charge in [-0.1, -0.05) is 42.5 Å². The molecule has 0 aliphatic rings. The first-order valence-electron chi connectivity index (χ1n) is 5.66. The smallest absolute Gasteiger partial charge is 0.309 e. The number of aliphatic hydroxyl groups is 1. The molecule has 92 valence electrons. The summed E-state index contributed by atoms with van der Waals surface area (Å²) in [6.45, 7) is 3.66. The zero-order chi connectivity index (χ0) is 12.7. The Labute approximate surface area is 102 Å². The van der Waals surface area contributed by atoms with Crippen LogP contribution in [0.3, 0.4) is 0 Å². The molecule has 3 heteroatoms. The van der Waals surface area contributed by atoms with E-state index < -0.39 is 11.6 Å². The molecule has 17 heavy (non-hydrogen) atoms. The van der Waals surface area contributed by atoms with E-state index in [4.69, 9.17) is 4.74 Å². The number of hydrogen-bond acceptors (Lipinski definition) is 3. The highest BCUT2D eigenvalue weighted by atomic mass is 16.5. The predicted molar refractivity (Wildman–Crippen MR) is 67.3 cm³/mol. The third kappa shape index (κ3) is 5.31. The fraction of sp³-hybridized carbons (Fsp3) is 0.357. The van der Waals surface area contributed by atoms with Gasteiger partial charge in [0, 0.05) is 0 Å². The predicted octanol–water partition coefficient (Wildman–Crippen LogP) is 2.40. The normalized spacial score (nSPS) is 14.5. The molecule has 0 unspecified atom stereocenters. The van der Waals surface area contributed by atoms with Crippen molar-refractivity contribution >= 4 is 12.0 Å². The van der Waals surface area contributed by atoms with E-state index in [9.17, 15) is 9.90 Å². The van der Waals surface area contributed by atoms with Gasteiger partial charge in [-0.3, -0.25) is 4.79 Å². The Balaban J connectivity index is 2.60. The largest absolute Gasteiger partial charge is 0.466 e. The first-order valence-corrected chi connectivity index (χ1v) is 5.66. The summed E-state index contributed by atoms with van der Waals surface area (Å²) in [5.41, 5.74) is -0.195. The van der Waals surface area contributed by atoms with Gasteiger partial charge in [0.1, 0.15) is 0 Å². The summed E-state index contributed by atoms with van der Waals surface area (Å²) in [6.07, 6.45) is 3.36. The molecule has 0 radical (unpaired) electrons. The lowest BCUT2D eigenvalue weighted by Crippen LogP contribution is -2.26. The highest BCUT2D eigenvalue weighted by Gasteiger charge is 2.21. The van der Waals surface area contributed by atoms with Crippen LogP contribution in [0, 0.1) is 0 Å². The average Bonchev–Trinajstić information content (AvgIpc) is 2.27. The molecule has 1 atom stereocenters. The minimum Gasteiger partial charge on any atom is -0.466 e. The fourth-order valence-corrected chi connectivity index (χ4v) is 1.40. The van der Waals surface area contributed by atoms with E-state index >= 15 is 0 Å². The third-order valence-electron chi connectivity index (χ3n) is 2.24. The first-order chi connectivity index (χ1) is 8.03. The van der Waals surface area contributed by atoms with Crippen molar-refractivity contribution in [3.8, 4) is 0 Å². The standard InChI is InChI=1S/C14H18O3/c1-3-17-13(15)11-14(2,16)10-9-12-7-5-4-6-8-12/h4-10,16H,3,11H2,1-2H3/b10-9+/t14-/m0/s1. The van der Waals surface area contributed by atoms with Crippen LogP contribution in [0.1, 0.15) is 25.8 Å². The average molecular weight is 234 g/mol. The van der Waals surface area contributed by atoms with Gasteiger partial charge in [0.25, 0.3) is 0 Å². The summed E-state index contributed by atoms with van der Waals surface area (Å²) in [6, 6.07) is 9.61. The lowest BCUT2D eigenvalue weighted by molar-refractivity contribution is -0.146. The van der Waals surface area contributed by atoms with Crippen molar-refractivity contribution < 1.29 is 14.6 Å². The Morgan fingerprint density at radius 1 is 1.41 bits per heavy atom. The van der Waals surface area contributed by atoms with Crippen LogP contribution in [-0.2, 0) is 9.53 Å². The topological polar surface area (TPSA) is 46.5 Å². The van der Waals surface area contributed by atoms with Gasteiger partial charge in [0.15, 0.2) is 0 Å². The zero-order valence-electron chi connectivity index (χ0n) is 10.2. The van der Waals surface area contributed by atoms with Crippen molar-refractivity contribution in [3.05, 3.63) is 42.0 Å². The Morgan fingerprint density at radius 2 is 2.06 bits per heavy atom. The monoisotopic (exact) mass is 234 g/mol. The molecule has 3 nitrogen and oxygen atoms in total. The van der Waals surface area contributed by atoms with Crippen molar-refractivity contribution in [2.45, 2.75) is 25.9 Å². The maximum absolute atomic E-state index is 11.3. The first kappa shape index (κ1) is 13.5. The second-order valence-corrected chi connectivity index (χ2v) is 4.08. The lowest BCUT2D eigenvalue weighted by atomic mass is 10.0. The summed E-state index contributed by atoms with van der Waals surface area (Å²) in [5.74, 6) is -0.393. The molecule has 0 fully saturated rings. The Morgan fingerprint density at radius 3 is 2.65 bits per heavy atom. The van der Waals surface area contributed by atoms with Gasteiger partial charge in [-0.2, -0.15) is 0 Å². The number of carbonyl (C=O) groups is 1. The van der Waals surface area contributed by atoms with E-state index in [0.29, 0.717) is 6.61 Å². The number of rotatable bonds is 5. The second kappa shape index (κ2) is 6.21. The van der Waals surface area contributed by atoms with Crippen LogP contribution in [0.5, 0.6) is 0 Å². The third-order valence-corrected chi connectivity index (χ3v) is 2.24. The van der Waals surface area contributed by atoms with E-state index in [1.165, 1.54) is 0 Å². The maximum Gasteiger partial charge on any atom is 0.309 e. The van der Waals surface area contributed by atoms with E-state index in [2.05, 4.69) is 0 Å². The van der Waals surface area contributed by atoms with Gasteiger partial charge in [-0.05, 0) is 19.4 Å². The van der Waals surface area contributed by atoms with Crippen molar-refractivity contribution in [1.82, 2.24) is 0 Å². The summed E-state index contributed by atoms with van der Waals surface area (Å²) >= 11 is 0. The zero-order valence-corrected chi connectivity index (χ0v) is 10.2. The quantitative estimate of drug-likeness (QED) is 0.796. The summed E-state index contributed by atoms with van der Waals surface area (Å²) in [7, 11) is 0. The minimum absolute atomic E-state index is 0.0375. The Bertz CT molecular complexity index is 380. The lowest BCUT2D eigenvalue weighted by Gasteiger charge is -2.17. The number of carbonyl (C=O) groups excluding carboxylic acids is 1. The molecule has 1 aromatic carbocycles. The fourth-order valence-electron chi connectivity index (χ4n) is 1.40. The molecule has 1 aromatic rings. The van der Waals surface area contributed by atoms with Crippen molar-refractivity contribution in [2.24, 2.45) is 0 Å². The molecule has 1 rings (SSSR count). The van der Waals surface area contributed by atoms with Crippen LogP contribution < -0.4 is 0 Å². The molecule has 0 spiro atoms. The van der Waals surface area contributed by atoms with Gasteiger partial charge in [0.2, 0.25) is 0 Å². The molecule has 0 bridgehead atoms. The molecular formula is C14H18O3. The van der Waals surface area contributed by atoms with Crippen LogP contribution >= 0.6 is 0 Å². The van der Waals surface area contributed by atoms with Crippen LogP contribution in [0.25, 0.3) is 6.08 Å². The molecule has 0 aliphatic carbocycles. The highest BCUT2D eigenvalue weighted by molar-refractivity contribution is 5.71. The van der Waals surface area contributed by atoms with Crippen molar-refractivity contribution in [2.75, 3.05) is 6.61 Å². The summed E-state index contributed by atoms with van der Waals surface area (Å²) in [4.78, 5) is 11.3. The van der Waals surface area contributed by atoms with Gasteiger partial charge >= 0.3 is 5.97 Å². The maximum atomic E-state index is 11.3. The van der Waals surface area contributed by atoms with E-state index in [-0.39, 0.29) is 6.42 Å². The summed E-state index contributed by atoms with van der Waals surface area (Å²) in [5, 5.41) is 9.99. The van der Waals surface area contributed by atoms with Gasteiger partial charge in [0.05, 0.1) is 18.6 Å². The second-order valence-electron chi connectivity index (χ2n) is 4.08. The SMILES string of the molecule is CCOC(=O)C[C@@](C)(O)/C=C/c1ccccc1. The number of ether oxygens (including phenoxy) is 1. The van der Waals surface area contributed by atoms with Gasteiger partial charge in [-0.15, -0.1) is 0 Å². The summed E-state index contributed by atoms with van der Waals surface area (Å²) < 4.78 is 4.80. The number of benzene rings is 1. The Hall–Kier alpha value is -1.61. The van der Waals surface area contributed by atoms with Gasteiger partial charge in [-0.25, -0.2) is 0 Å². The number of esters is 1. The van der Waals surface area contributed by atoms with Crippen molar-refractivity contribution in [3.63, 3.8) is 0 Å². The molecule has 0 heterocycles. The molecule has 0 saturated carbocycles. The van der Waals surface area contributed by atoms with Crippen LogP contribution in [0.2, 0.25) is 0 Å². The van der Waals surface area contributed by atoms with E-state index in [1.807, 2.05) is 30.3 Å². The van der Waals surface area contributed by atoms with E-state index in [0.717, 1.165) is 5.56 Å². The van der Waals surface area contributed by atoms with Crippen LogP contribution in [-0.4, -0.2) is 23.3 Å².